The third kappa shape index (κ3) is 1.65. The van der Waals surface area contributed by atoms with Gasteiger partial charge < -0.3 is 0 Å². The molecule has 1 aliphatic heterocycles. The van der Waals surface area contributed by atoms with Gasteiger partial charge in [0.25, 0.3) is 0 Å². The zero-order valence-corrected chi connectivity index (χ0v) is 7.46. The van der Waals surface area contributed by atoms with Crippen LogP contribution in [0.5, 0.6) is 0 Å². The average molecular weight is 212 g/mol. The second-order valence-electron chi connectivity index (χ2n) is 3.04. The molecular weight excluding hydrogens is 206 g/mol. The lowest BCUT2D eigenvalue weighted by molar-refractivity contribution is -0.117. The standard InChI is InChI=1S/C9H6F2N2O2/c10-5-1-2-7(6(11)3-5)13-4-8(14)12-9(13)15/h1-3H,4H2,(H,12,14,15). The Morgan fingerprint density at radius 1 is 1.27 bits per heavy atom. The van der Waals surface area contributed by atoms with E-state index in [4.69, 9.17) is 0 Å². The monoisotopic (exact) mass is 212 g/mol. The molecule has 0 unspecified atom stereocenters. The zero-order valence-electron chi connectivity index (χ0n) is 7.46. The number of halogens is 2. The van der Waals surface area contributed by atoms with Crippen molar-refractivity contribution in [2.24, 2.45) is 0 Å². The van der Waals surface area contributed by atoms with Crippen molar-refractivity contribution in [3.8, 4) is 0 Å². The number of hydrogen-bond donors (Lipinski definition) is 1. The van der Waals surface area contributed by atoms with E-state index < -0.39 is 23.6 Å². The van der Waals surface area contributed by atoms with Gasteiger partial charge in [-0.05, 0) is 12.1 Å². The summed E-state index contributed by atoms with van der Waals surface area (Å²) in [7, 11) is 0. The lowest BCUT2D eigenvalue weighted by Crippen LogP contribution is -2.28. The fourth-order valence-corrected chi connectivity index (χ4v) is 1.34. The van der Waals surface area contributed by atoms with Gasteiger partial charge in [0, 0.05) is 6.07 Å². The summed E-state index contributed by atoms with van der Waals surface area (Å²) in [5, 5.41) is 1.99. The van der Waals surface area contributed by atoms with Gasteiger partial charge in [0.2, 0.25) is 5.91 Å². The molecule has 1 aromatic rings. The number of nitrogens with one attached hydrogen (secondary N) is 1. The van der Waals surface area contributed by atoms with E-state index in [2.05, 4.69) is 0 Å². The Bertz CT molecular complexity index is 448. The summed E-state index contributed by atoms with van der Waals surface area (Å²) < 4.78 is 25.8. The summed E-state index contributed by atoms with van der Waals surface area (Å²) in [6.45, 7) is -0.249. The topological polar surface area (TPSA) is 49.4 Å². The molecule has 0 atom stereocenters. The van der Waals surface area contributed by atoms with E-state index >= 15 is 0 Å². The van der Waals surface area contributed by atoms with E-state index in [1.165, 1.54) is 0 Å². The minimum atomic E-state index is -0.875. The van der Waals surface area contributed by atoms with Crippen LogP contribution in [0.15, 0.2) is 18.2 Å². The molecule has 4 nitrogen and oxygen atoms in total. The Labute approximate surface area is 83.5 Å². The second kappa shape index (κ2) is 3.30. The number of anilines is 1. The van der Waals surface area contributed by atoms with E-state index in [0.717, 1.165) is 17.0 Å². The van der Waals surface area contributed by atoms with Crippen LogP contribution in [0.4, 0.5) is 19.3 Å². The summed E-state index contributed by atoms with van der Waals surface area (Å²) in [4.78, 5) is 22.9. The van der Waals surface area contributed by atoms with Crippen molar-refractivity contribution in [1.29, 1.82) is 0 Å². The molecule has 1 N–H and O–H groups in total. The molecule has 0 radical (unpaired) electrons. The van der Waals surface area contributed by atoms with E-state index in [1.54, 1.807) is 0 Å². The van der Waals surface area contributed by atoms with Crippen molar-refractivity contribution < 1.29 is 18.4 Å². The number of urea groups is 1. The van der Waals surface area contributed by atoms with Gasteiger partial charge in [-0.3, -0.25) is 15.0 Å². The second-order valence-corrected chi connectivity index (χ2v) is 3.04. The maximum atomic E-state index is 13.2. The predicted molar refractivity (Wildman–Crippen MR) is 47.2 cm³/mol. The number of benzene rings is 1. The van der Waals surface area contributed by atoms with Crippen LogP contribution >= 0.6 is 0 Å². The minimum Gasteiger partial charge on any atom is -0.282 e. The number of imide groups is 1. The lowest BCUT2D eigenvalue weighted by Gasteiger charge is -2.13. The van der Waals surface area contributed by atoms with Crippen LogP contribution in [0.1, 0.15) is 0 Å². The molecule has 3 amide bonds. The smallest absolute Gasteiger partial charge is 0.282 e. The molecule has 6 heteroatoms. The summed E-state index contributed by atoms with van der Waals surface area (Å²) in [6.07, 6.45) is 0. The predicted octanol–water partition coefficient (Wildman–Crippen LogP) is 1.02. The first-order valence-electron chi connectivity index (χ1n) is 4.14. The first-order valence-corrected chi connectivity index (χ1v) is 4.14. The Kier molecular flexibility index (Phi) is 2.11. The highest BCUT2D eigenvalue weighted by Gasteiger charge is 2.29. The number of rotatable bonds is 1. The molecule has 1 fully saturated rings. The first kappa shape index (κ1) is 9.57. The van der Waals surface area contributed by atoms with Crippen LogP contribution in [-0.4, -0.2) is 18.5 Å². The minimum absolute atomic E-state index is 0.111. The number of amides is 3. The van der Waals surface area contributed by atoms with Gasteiger partial charge in [-0.1, -0.05) is 0 Å². The van der Waals surface area contributed by atoms with Crippen LogP contribution in [0.25, 0.3) is 0 Å². The molecule has 0 aromatic heterocycles. The van der Waals surface area contributed by atoms with Gasteiger partial charge in [0.1, 0.15) is 18.2 Å². The maximum Gasteiger partial charge on any atom is 0.329 e. The van der Waals surface area contributed by atoms with Gasteiger partial charge in [0.15, 0.2) is 0 Å². The van der Waals surface area contributed by atoms with Crippen molar-refractivity contribution >= 4 is 17.6 Å². The van der Waals surface area contributed by atoms with Crippen LogP contribution in [-0.2, 0) is 4.79 Å². The number of carbonyl (C=O) groups is 2. The fourth-order valence-electron chi connectivity index (χ4n) is 1.34. The SMILES string of the molecule is O=C1CN(c2ccc(F)cc2F)C(=O)N1. The number of hydrogen-bond acceptors (Lipinski definition) is 2. The summed E-state index contributed by atoms with van der Waals surface area (Å²) in [5.41, 5.74) is -0.111. The summed E-state index contributed by atoms with van der Waals surface area (Å²) in [6, 6.07) is 2.09. The quantitative estimate of drug-likeness (QED) is 0.706. The molecule has 78 valence electrons. The van der Waals surface area contributed by atoms with Gasteiger partial charge in [0.05, 0.1) is 5.69 Å². The van der Waals surface area contributed by atoms with Crippen molar-refractivity contribution in [2.75, 3.05) is 11.4 Å². The van der Waals surface area contributed by atoms with E-state index in [1.807, 2.05) is 5.32 Å². The maximum absolute atomic E-state index is 13.2. The van der Waals surface area contributed by atoms with Crippen LogP contribution in [0, 0.1) is 11.6 Å². The van der Waals surface area contributed by atoms with E-state index in [-0.39, 0.29) is 12.2 Å². The molecule has 15 heavy (non-hydrogen) atoms. The average Bonchev–Trinajstić information content (AvgIpc) is 2.45. The Morgan fingerprint density at radius 3 is 2.53 bits per heavy atom. The third-order valence-corrected chi connectivity index (χ3v) is 1.99. The van der Waals surface area contributed by atoms with Crippen molar-refractivity contribution in [3.63, 3.8) is 0 Å². The Morgan fingerprint density at radius 2 is 2.00 bits per heavy atom. The Balaban J connectivity index is 2.38. The highest BCUT2D eigenvalue weighted by molar-refractivity contribution is 6.12. The van der Waals surface area contributed by atoms with Gasteiger partial charge in [-0.2, -0.15) is 0 Å². The molecule has 0 aliphatic carbocycles. The van der Waals surface area contributed by atoms with E-state index in [0.29, 0.717) is 6.07 Å². The van der Waals surface area contributed by atoms with E-state index in [9.17, 15) is 18.4 Å². The van der Waals surface area contributed by atoms with Crippen LogP contribution < -0.4 is 10.2 Å². The molecule has 1 saturated heterocycles. The van der Waals surface area contributed by atoms with Gasteiger partial charge in [-0.15, -0.1) is 0 Å². The molecule has 0 spiro atoms. The summed E-state index contributed by atoms with van der Waals surface area (Å²) >= 11 is 0. The largest absolute Gasteiger partial charge is 0.329 e. The van der Waals surface area contributed by atoms with Crippen LogP contribution in [0.3, 0.4) is 0 Å². The van der Waals surface area contributed by atoms with Crippen molar-refractivity contribution in [3.05, 3.63) is 29.8 Å². The first-order chi connectivity index (χ1) is 7.08. The molecule has 1 aliphatic rings. The molecule has 2 rings (SSSR count). The normalized spacial score (nSPS) is 15.7. The van der Waals surface area contributed by atoms with Gasteiger partial charge >= 0.3 is 6.03 Å². The van der Waals surface area contributed by atoms with Crippen molar-refractivity contribution in [1.82, 2.24) is 5.32 Å². The molecule has 1 aromatic carbocycles. The van der Waals surface area contributed by atoms with Crippen LogP contribution in [0.2, 0.25) is 0 Å². The lowest BCUT2D eigenvalue weighted by atomic mass is 10.2. The fraction of sp³-hybridized carbons (Fsp3) is 0.111. The Hall–Kier alpha value is -1.98. The zero-order chi connectivity index (χ0) is 11.0. The summed E-state index contributed by atoms with van der Waals surface area (Å²) in [5.74, 6) is -2.12. The molecule has 1 heterocycles. The highest BCUT2D eigenvalue weighted by atomic mass is 19.1. The number of nitrogens with zero attached hydrogens (tertiary/aromatic N) is 1. The van der Waals surface area contributed by atoms with Crippen molar-refractivity contribution in [2.45, 2.75) is 0 Å². The van der Waals surface area contributed by atoms with Gasteiger partial charge in [-0.25, -0.2) is 13.6 Å². The number of carbonyl (C=O) groups excluding carboxylic acids is 2. The molecular formula is C9H6F2N2O2. The third-order valence-electron chi connectivity index (χ3n) is 1.99. The molecule has 0 bridgehead atoms. The molecule has 0 saturated carbocycles. The highest BCUT2D eigenvalue weighted by Crippen LogP contribution is 2.21.